The van der Waals surface area contributed by atoms with Crippen LogP contribution in [0.3, 0.4) is 0 Å². The summed E-state index contributed by atoms with van der Waals surface area (Å²) in [6.45, 7) is 12.0. The van der Waals surface area contributed by atoms with E-state index in [1.807, 2.05) is 0 Å². The van der Waals surface area contributed by atoms with Crippen LogP contribution in [0.4, 0.5) is 5.69 Å². The van der Waals surface area contributed by atoms with Gasteiger partial charge in [-0.3, -0.25) is 4.79 Å². The minimum absolute atomic E-state index is 0.182. The minimum Gasteiger partial charge on any atom is -0.320 e. The molecule has 3 rings (SSSR count). The lowest BCUT2D eigenvalue weighted by atomic mass is 9.71. The van der Waals surface area contributed by atoms with Gasteiger partial charge >= 0.3 is 0 Å². The fourth-order valence-electron chi connectivity index (χ4n) is 5.20. The first-order chi connectivity index (χ1) is 11.4. The van der Waals surface area contributed by atoms with E-state index in [9.17, 15) is 4.79 Å². The highest BCUT2D eigenvalue weighted by atomic mass is 16.2. The van der Waals surface area contributed by atoms with Crippen LogP contribution >= 0.6 is 0 Å². The normalized spacial score (nSPS) is 21.8. The zero-order chi connectivity index (χ0) is 17.4. The molecule has 1 aliphatic carbocycles. The summed E-state index contributed by atoms with van der Waals surface area (Å²) in [7, 11) is 0. The maximum atomic E-state index is 13.4. The number of anilines is 1. The lowest BCUT2D eigenvalue weighted by Crippen LogP contribution is -2.73. The number of piperidine rings is 1. The highest BCUT2D eigenvalue weighted by Gasteiger charge is 2.59. The molecule has 3 nitrogen and oxygen atoms in total. The molecule has 1 aromatic carbocycles. The van der Waals surface area contributed by atoms with Gasteiger partial charge in [-0.15, -0.1) is 0 Å². The van der Waals surface area contributed by atoms with Gasteiger partial charge < -0.3 is 9.80 Å². The molecule has 0 atom stereocenters. The van der Waals surface area contributed by atoms with Gasteiger partial charge in [0.25, 0.3) is 5.91 Å². The van der Waals surface area contributed by atoms with Crippen LogP contribution in [0.25, 0.3) is 0 Å². The van der Waals surface area contributed by atoms with Crippen LogP contribution < -0.4 is 5.32 Å². The number of hydrogen-bond donors (Lipinski definition) is 1. The average Bonchev–Trinajstić information content (AvgIpc) is 2.50. The Balaban J connectivity index is 1.90. The summed E-state index contributed by atoms with van der Waals surface area (Å²) < 4.78 is 1.02. The highest BCUT2D eigenvalue weighted by molar-refractivity contribution is 5.99. The topological polar surface area (TPSA) is 29.1 Å². The summed E-state index contributed by atoms with van der Waals surface area (Å²) in [5.41, 5.74) is 4.46. The number of carbonyl (C=O) groups excluding carboxylic acids is 1. The molecule has 1 saturated heterocycles. The fraction of sp³-hybridized carbons (Fsp3) is 0.667. The Kier molecular flexibility index (Phi) is 4.74. The molecule has 0 unspecified atom stereocenters. The highest BCUT2D eigenvalue weighted by Crippen LogP contribution is 2.46. The summed E-state index contributed by atoms with van der Waals surface area (Å²) >= 11 is 0. The number of nitrogens with one attached hydrogen (secondary N) is 1. The van der Waals surface area contributed by atoms with Crippen LogP contribution in [0.1, 0.15) is 62.1 Å². The third-order valence-corrected chi connectivity index (χ3v) is 6.70. The number of carbonyl (C=O) groups is 1. The van der Waals surface area contributed by atoms with Crippen molar-refractivity contribution in [3.05, 3.63) is 28.8 Å². The number of benzene rings is 1. The number of aryl methyl sites for hydroxylation is 3. The van der Waals surface area contributed by atoms with Crippen molar-refractivity contribution in [2.24, 2.45) is 0 Å². The predicted octanol–water partition coefficient (Wildman–Crippen LogP) is 4.49. The van der Waals surface area contributed by atoms with Gasteiger partial charge in [-0.25, -0.2) is 0 Å². The standard InChI is InChI=1S/C21H32N2O/c1-5-23(12-7-6-8-13-23)21(10-9-11-21)20(24)22-19-17(3)14-16(2)15-18(19)4/h14-15H,5-13H2,1-4H3/p+1. The van der Waals surface area contributed by atoms with Crippen molar-refractivity contribution in [1.29, 1.82) is 0 Å². The van der Waals surface area contributed by atoms with Crippen molar-refractivity contribution in [2.45, 2.75) is 71.8 Å². The SMILES string of the molecule is CC[N+]1(C2(C(=O)Nc3c(C)cc(C)cc3C)CCC2)CCCCC1. The molecule has 0 radical (unpaired) electrons. The van der Waals surface area contributed by atoms with Crippen molar-refractivity contribution in [1.82, 2.24) is 0 Å². The molecule has 3 heteroatoms. The number of hydrogen-bond acceptors (Lipinski definition) is 1. The molecule has 0 bridgehead atoms. The first-order valence-electron chi connectivity index (χ1n) is 9.70. The van der Waals surface area contributed by atoms with Crippen molar-refractivity contribution in [3.8, 4) is 0 Å². The second kappa shape index (κ2) is 6.51. The molecular formula is C21H33N2O+. The zero-order valence-electron chi connectivity index (χ0n) is 15.9. The van der Waals surface area contributed by atoms with Crippen LogP contribution in [0, 0.1) is 20.8 Å². The lowest BCUT2D eigenvalue weighted by Gasteiger charge is -2.57. The number of rotatable bonds is 4. The quantitative estimate of drug-likeness (QED) is 0.810. The summed E-state index contributed by atoms with van der Waals surface area (Å²) in [4.78, 5) is 13.4. The van der Waals surface area contributed by atoms with Crippen LogP contribution in [-0.2, 0) is 4.79 Å². The molecule has 1 aliphatic heterocycles. The number of likely N-dealkylation sites (tertiary alicyclic amines) is 1. The average molecular weight is 330 g/mol. The van der Waals surface area contributed by atoms with E-state index in [1.54, 1.807) is 0 Å². The van der Waals surface area contributed by atoms with E-state index >= 15 is 0 Å². The molecule has 132 valence electrons. The van der Waals surface area contributed by atoms with Gasteiger partial charge in [-0.05, 0) is 64.5 Å². The van der Waals surface area contributed by atoms with Crippen molar-refractivity contribution in [2.75, 3.05) is 25.0 Å². The van der Waals surface area contributed by atoms with E-state index in [0.717, 1.165) is 29.6 Å². The summed E-state index contributed by atoms with van der Waals surface area (Å²) in [5, 5.41) is 3.35. The molecule has 1 saturated carbocycles. The van der Waals surface area contributed by atoms with E-state index in [0.29, 0.717) is 0 Å². The Hall–Kier alpha value is -1.35. The smallest absolute Gasteiger partial charge is 0.285 e. The maximum Gasteiger partial charge on any atom is 0.285 e. The molecule has 24 heavy (non-hydrogen) atoms. The Bertz CT molecular complexity index is 602. The number of quaternary nitrogens is 1. The minimum atomic E-state index is -0.182. The van der Waals surface area contributed by atoms with Gasteiger partial charge in [-0.2, -0.15) is 0 Å². The first-order valence-corrected chi connectivity index (χ1v) is 9.70. The van der Waals surface area contributed by atoms with Gasteiger partial charge in [0.2, 0.25) is 0 Å². The lowest BCUT2D eigenvalue weighted by molar-refractivity contribution is -0.974. The second-order valence-corrected chi connectivity index (χ2v) is 8.08. The molecular weight excluding hydrogens is 296 g/mol. The van der Waals surface area contributed by atoms with E-state index in [1.165, 1.54) is 55.5 Å². The molecule has 1 aromatic rings. The van der Waals surface area contributed by atoms with E-state index in [2.05, 4.69) is 45.1 Å². The van der Waals surface area contributed by atoms with Crippen molar-refractivity contribution < 1.29 is 9.28 Å². The van der Waals surface area contributed by atoms with E-state index in [4.69, 9.17) is 0 Å². The van der Waals surface area contributed by atoms with Crippen molar-refractivity contribution >= 4 is 11.6 Å². The molecule has 2 fully saturated rings. The number of nitrogens with zero attached hydrogens (tertiary/aromatic N) is 1. The number of amides is 1. The van der Waals surface area contributed by atoms with Crippen molar-refractivity contribution in [3.63, 3.8) is 0 Å². The second-order valence-electron chi connectivity index (χ2n) is 8.08. The Labute approximate surface area is 147 Å². The largest absolute Gasteiger partial charge is 0.320 e. The molecule has 2 aliphatic rings. The van der Waals surface area contributed by atoms with Crippen LogP contribution in [0.5, 0.6) is 0 Å². The molecule has 1 N–H and O–H groups in total. The van der Waals surface area contributed by atoms with E-state index < -0.39 is 0 Å². The maximum absolute atomic E-state index is 13.4. The molecule has 1 amide bonds. The van der Waals surface area contributed by atoms with Gasteiger partial charge in [0.1, 0.15) is 0 Å². The zero-order valence-corrected chi connectivity index (χ0v) is 15.9. The first kappa shape index (κ1) is 17.5. The number of likely N-dealkylation sites (N-methyl/N-ethyl adjacent to an activating group) is 1. The third-order valence-electron chi connectivity index (χ3n) is 6.70. The van der Waals surface area contributed by atoms with E-state index in [-0.39, 0.29) is 11.4 Å². The monoisotopic (exact) mass is 329 g/mol. The Morgan fingerprint density at radius 2 is 1.62 bits per heavy atom. The van der Waals surface area contributed by atoms with Gasteiger partial charge in [0.15, 0.2) is 5.54 Å². The van der Waals surface area contributed by atoms with Gasteiger partial charge in [0, 0.05) is 18.5 Å². The predicted molar refractivity (Wildman–Crippen MR) is 100 cm³/mol. The molecule has 1 heterocycles. The Morgan fingerprint density at radius 3 is 2.08 bits per heavy atom. The van der Waals surface area contributed by atoms with Crippen LogP contribution in [0.15, 0.2) is 12.1 Å². The molecule has 0 spiro atoms. The molecule has 0 aromatic heterocycles. The van der Waals surface area contributed by atoms with Crippen LogP contribution in [0.2, 0.25) is 0 Å². The van der Waals surface area contributed by atoms with Gasteiger partial charge in [-0.1, -0.05) is 17.7 Å². The van der Waals surface area contributed by atoms with Gasteiger partial charge in [0.05, 0.1) is 19.6 Å². The summed E-state index contributed by atoms with van der Waals surface area (Å²) in [5.74, 6) is 0.271. The summed E-state index contributed by atoms with van der Waals surface area (Å²) in [6, 6.07) is 4.34. The fourth-order valence-corrected chi connectivity index (χ4v) is 5.20. The van der Waals surface area contributed by atoms with Crippen LogP contribution in [-0.4, -0.2) is 35.6 Å². The Morgan fingerprint density at radius 1 is 1.04 bits per heavy atom. The third kappa shape index (κ3) is 2.67. The summed E-state index contributed by atoms with van der Waals surface area (Å²) in [6.07, 6.45) is 7.16.